The first-order valence-corrected chi connectivity index (χ1v) is 9.09. The van der Waals surface area contributed by atoms with Gasteiger partial charge in [-0.25, -0.2) is 4.98 Å². The highest BCUT2D eigenvalue weighted by Gasteiger charge is 2.33. The molecule has 0 radical (unpaired) electrons. The maximum absolute atomic E-state index is 11.9. The van der Waals surface area contributed by atoms with Crippen molar-refractivity contribution in [2.75, 3.05) is 4.90 Å². The molecule has 1 aliphatic rings. The van der Waals surface area contributed by atoms with Crippen LogP contribution in [-0.4, -0.2) is 21.5 Å². The largest absolute Gasteiger partial charge is 0.369 e. The number of nitrogens with two attached hydrogens (primary N) is 1. The van der Waals surface area contributed by atoms with E-state index in [9.17, 15) is 4.79 Å². The van der Waals surface area contributed by atoms with Gasteiger partial charge in [0.25, 0.3) is 0 Å². The highest BCUT2D eigenvalue weighted by molar-refractivity contribution is 6.31. The van der Waals surface area contributed by atoms with E-state index < -0.39 is 0 Å². The van der Waals surface area contributed by atoms with E-state index in [2.05, 4.69) is 22.5 Å². The smallest absolute Gasteiger partial charge is 0.225 e. The van der Waals surface area contributed by atoms with E-state index >= 15 is 0 Å². The van der Waals surface area contributed by atoms with E-state index in [4.69, 9.17) is 22.3 Å². The van der Waals surface area contributed by atoms with E-state index in [0.29, 0.717) is 18.0 Å². The van der Waals surface area contributed by atoms with Crippen LogP contribution in [0.2, 0.25) is 5.02 Å². The first kappa shape index (κ1) is 16.9. The van der Waals surface area contributed by atoms with Gasteiger partial charge in [0.1, 0.15) is 5.82 Å². The summed E-state index contributed by atoms with van der Waals surface area (Å²) in [6.45, 7) is 2.79. The Balaban J connectivity index is 1.75. The summed E-state index contributed by atoms with van der Waals surface area (Å²) in [5.74, 6) is 0.458. The van der Waals surface area contributed by atoms with Gasteiger partial charge in [-0.1, -0.05) is 29.8 Å². The number of rotatable bonds is 3. The topological polar surface area (TPSA) is 64.2 Å². The van der Waals surface area contributed by atoms with Gasteiger partial charge < -0.3 is 15.2 Å². The van der Waals surface area contributed by atoms with E-state index in [1.807, 2.05) is 43.4 Å². The lowest BCUT2D eigenvalue weighted by molar-refractivity contribution is -0.119. The molecule has 3 aromatic rings. The van der Waals surface area contributed by atoms with Gasteiger partial charge in [0, 0.05) is 23.8 Å². The zero-order valence-electron chi connectivity index (χ0n) is 14.8. The molecule has 4 rings (SSSR count). The molecule has 0 aliphatic carbocycles. The number of carbonyl (C=O) groups is 1. The summed E-state index contributed by atoms with van der Waals surface area (Å²) < 4.78 is 2.10. The lowest BCUT2D eigenvalue weighted by Gasteiger charge is -2.39. The number of primary amides is 1. The normalized spacial score (nSPS) is 19.6. The molecular formula is C20H21ClN4O. The number of fused-ring (bicyclic) bond motifs is 2. The van der Waals surface area contributed by atoms with Crippen LogP contribution in [-0.2, 0) is 18.4 Å². The van der Waals surface area contributed by atoms with E-state index in [-0.39, 0.29) is 17.9 Å². The molecule has 2 heterocycles. The van der Waals surface area contributed by atoms with E-state index in [1.165, 1.54) is 0 Å². The highest BCUT2D eigenvalue weighted by Crippen LogP contribution is 2.39. The molecule has 0 saturated heterocycles. The van der Waals surface area contributed by atoms with E-state index in [0.717, 1.165) is 28.1 Å². The quantitative estimate of drug-likeness (QED) is 0.768. The molecule has 2 N–H and O–H groups in total. The lowest BCUT2D eigenvalue weighted by Crippen LogP contribution is -2.41. The Hall–Kier alpha value is -2.53. The molecule has 0 saturated carbocycles. The summed E-state index contributed by atoms with van der Waals surface area (Å²) in [6.07, 6.45) is 0.710. The Morgan fingerprint density at radius 3 is 2.85 bits per heavy atom. The van der Waals surface area contributed by atoms with Gasteiger partial charge in [0.15, 0.2) is 0 Å². The molecule has 1 aliphatic heterocycles. The number of amides is 1. The number of anilines is 1. The standard InChI is InChI=1S/C20H21ClN4O/c1-12-9-15(20(22)26)14-5-3-4-6-17(14)25(12)11-19-23-16-10-13(21)7-8-18(16)24(19)2/h3-8,10,12,15H,9,11H2,1-2H3,(H2,22,26). The van der Waals surface area contributed by atoms with Crippen molar-refractivity contribution in [3.8, 4) is 0 Å². The first-order chi connectivity index (χ1) is 12.5. The molecule has 2 atom stereocenters. The van der Waals surface area contributed by atoms with Crippen molar-refractivity contribution >= 4 is 34.2 Å². The maximum atomic E-state index is 11.9. The third-order valence-electron chi connectivity index (χ3n) is 5.32. The van der Waals surface area contributed by atoms with Crippen LogP contribution in [0.15, 0.2) is 42.5 Å². The van der Waals surface area contributed by atoms with Crippen LogP contribution in [0.1, 0.15) is 30.7 Å². The van der Waals surface area contributed by atoms with Crippen LogP contribution in [0.25, 0.3) is 11.0 Å². The Morgan fingerprint density at radius 2 is 2.08 bits per heavy atom. The number of carbonyl (C=O) groups excluding carboxylic acids is 1. The number of hydrogen-bond acceptors (Lipinski definition) is 3. The minimum Gasteiger partial charge on any atom is -0.369 e. The zero-order chi connectivity index (χ0) is 18.4. The molecule has 0 spiro atoms. The average molecular weight is 369 g/mol. The molecule has 2 aromatic carbocycles. The number of para-hydroxylation sites is 1. The molecule has 6 heteroatoms. The van der Waals surface area contributed by atoms with Crippen LogP contribution in [0.5, 0.6) is 0 Å². The molecule has 2 unspecified atom stereocenters. The van der Waals surface area contributed by atoms with Gasteiger partial charge in [-0.3, -0.25) is 4.79 Å². The Morgan fingerprint density at radius 1 is 1.31 bits per heavy atom. The van der Waals surface area contributed by atoms with Crippen molar-refractivity contribution in [3.63, 3.8) is 0 Å². The van der Waals surface area contributed by atoms with Gasteiger partial charge in [0.2, 0.25) is 5.91 Å². The second kappa shape index (κ2) is 6.32. The Kier molecular flexibility index (Phi) is 4.11. The third-order valence-corrected chi connectivity index (χ3v) is 5.56. The van der Waals surface area contributed by atoms with Crippen LogP contribution in [0.3, 0.4) is 0 Å². The second-order valence-electron chi connectivity index (χ2n) is 6.95. The molecule has 0 bridgehead atoms. The van der Waals surface area contributed by atoms with Gasteiger partial charge in [-0.05, 0) is 43.2 Å². The van der Waals surface area contributed by atoms with Crippen LogP contribution in [0.4, 0.5) is 5.69 Å². The zero-order valence-corrected chi connectivity index (χ0v) is 15.6. The molecule has 26 heavy (non-hydrogen) atoms. The monoisotopic (exact) mass is 368 g/mol. The predicted molar refractivity (Wildman–Crippen MR) is 104 cm³/mol. The third kappa shape index (κ3) is 2.72. The van der Waals surface area contributed by atoms with Crippen molar-refractivity contribution in [1.82, 2.24) is 9.55 Å². The number of benzene rings is 2. The highest BCUT2D eigenvalue weighted by atomic mass is 35.5. The van der Waals surface area contributed by atoms with Crippen molar-refractivity contribution in [1.29, 1.82) is 0 Å². The van der Waals surface area contributed by atoms with Crippen molar-refractivity contribution in [2.45, 2.75) is 31.8 Å². The molecule has 5 nitrogen and oxygen atoms in total. The van der Waals surface area contributed by atoms with Gasteiger partial charge in [-0.15, -0.1) is 0 Å². The number of imidazole rings is 1. The average Bonchev–Trinajstić information content (AvgIpc) is 2.92. The van der Waals surface area contributed by atoms with Gasteiger partial charge >= 0.3 is 0 Å². The number of halogens is 1. The summed E-state index contributed by atoms with van der Waals surface area (Å²) in [6, 6.07) is 14.0. The number of nitrogens with zero attached hydrogens (tertiary/aromatic N) is 3. The summed E-state index contributed by atoms with van der Waals surface area (Å²) in [5.41, 5.74) is 9.65. The lowest BCUT2D eigenvalue weighted by atomic mass is 9.85. The summed E-state index contributed by atoms with van der Waals surface area (Å²) in [5, 5.41) is 0.683. The van der Waals surface area contributed by atoms with Crippen molar-refractivity contribution in [2.24, 2.45) is 12.8 Å². The number of aryl methyl sites for hydroxylation is 1. The SMILES string of the molecule is CC1CC(C(N)=O)c2ccccc2N1Cc1nc2cc(Cl)ccc2n1C. The number of aromatic nitrogens is 2. The van der Waals surface area contributed by atoms with E-state index in [1.54, 1.807) is 0 Å². The molecule has 0 fully saturated rings. The minimum atomic E-state index is -0.263. The molecule has 134 valence electrons. The summed E-state index contributed by atoms with van der Waals surface area (Å²) in [4.78, 5) is 19.0. The Labute approximate surface area is 157 Å². The van der Waals surface area contributed by atoms with Crippen LogP contribution >= 0.6 is 11.6 Å². The fourth-order valence-corrected chi connectivity index (χ4v) is 4.07. The summed E-state index contributed by atoms with van der Waals surface area (Å²) in [7, 11) is 2.02. The predicted octanol–water partition coefficient (Wildman–Crippen LogP) is 3.59. The van der Waals surface area contributed by atoms with Gasteiger partial charge in [-0.2, -0.15) is 0 Å². The summed E-state index contributed by atoms with van der Waals surface area (Å²) >= 11 is 6.10. The fraction of sp³-hybridized carbons (Fsp3) is 0.300. The molecule has 1 amide bonds. The Bertz CT molecular complexity index is 997. The molecule has 1 aromatic heterocycles. The fourth-order valence-electron chi connectivity index (χ4n) is 3.90. The first-order valence-electron chi connectivity index (χ1n) is 8.71. The minimum absolute atomic E-state index is 0.186. The van der Waals surface area contributed by atoms with Crippen LogP contribution in [0, 0.1) is 0 Å². The molecular weight excluding hydrogens is 348 g/mol. The van der Waals surface area contributed by atoms with Gasteiger partial charge in [0.05, 0.1) is 23.5 Å². The maximum Gasteiger partial charge on any atom is 0.225 e. The van der Waals surface area contributed by atoms with Crippen molar-refractivity contribution in [3.05, 3.63) is 58.9 Å². The van der Waals surface area contributed by atoms with Crippen LogP contribution < -0.4 is 10.6 Å². The second-order valence-corrected chi connectivity index (χ2v) is 7.38. The number of hydrogen-bond donors (Lipinski definition) is 1. The van der Waals surface area contributed by atoms with Crippen molar-refractivity contribution < 1.29 is 4.79 Å².